The Morgan fingerprint density at radius 3 is 2.40 bits per heavy atom. The first kappa shape index (κ1) is 22.3. The number of sulfone groups is 1. The first-order valence-corrected chi connectivity index (χ1v) is 10.8. The largest absolute Gasteiger partial charge is 0.421 e. The van der Waals surface area contributed by atoms with Gasteiger partial charge in [-0.1, -0.05) is 25.1 Å². The fourth-order valence-corrected chi connectivity index (χ4v) is 4.12. The Labute approximate surface area is 172 Å². The van der Waals surface area contributed by atoms with E-state index in [4.69, 9.17) is 0 Å². The van der Waals surface area contributed by atoms with Crippen molar-refractivity contribution in [3.05, 3.63) is 59.2 Å². The summed E-state index contributed by atoms with van der Waals surface area (Å²) in [6.45, 7) is 2.53. The molecule has 2 aromatic carbocycles. The second-order valence-corrected chi connectivity index (χ2v) is 9.49. The van der Waals surface area contributed by atoms with E-state index in [-0.39, 0.29) is 21.9 Å². The number of halogens is 3. The van der Waals surface area contributed by atoms with Crippen LogP contribution in [0.15, 0.2) is 47.4 Å². The maximum absolute atomic E-state index is 12.9. The Balaban J connectivity index is 1.76. The summed E-state index contributed by atoms with van der Waals surface area (Å²) in [4.78, 5) is 12.8. The van der Waals surface area contributed by atoms with Gasteiger partial charge in [-0.15, -0.1) is 0 Å². The van der Waals surface area contributed by atoms with Crippen LogP contribution in [0.25, 0.3) is 0 Å². The third kappa shape index (κ3) is 4.07. The molecule has 30 heavy (non-hydrogen) atoms. The summed E-state index contributed by atoms with van der Waals surface area (Å²) in [5.74, 6) is -0.462. The standard InChI is InChI=1S/C20H21F3N2O4S/c1-3-30(28,29)15-8-9-16-12(10-15)11-24-17(16)18(26)25-14-6-4-13(5-7-14)19(2,27)20(21,22)23/h4-10,17,24,27H,3,11H2,1-2H3,(H,25,26). The van der Waals surface area contributed by atoms with Gasteiger partial charge in [-0.25, -0.2) is 8.42 Å². The molecule has 0 bridgehead atoms. The van der Waals surface area contributed by atoms with Crippen molar-refractivity contribution in [1.82, 2.24) is 5.32 Å². The van der Waals surface area contributed by atoms with E-state index in [1.54, 1.807) is 19.1 Å². The number of benzene rings is 2. The zero-order valence-electron chi connectivity index (χ0n) is 16.2. The predicted molar refractivity (Wildman–Crippen MR) is 104 cm³/mol. The molecule has 0 fully saturated rings. The average Bonchev–Trinajstić information content (AvgIpc) is 3.11. The molecular weight excluding hydrogens is 421 g/mol. The lowest BCUT2D eigenvalue weighted by molar-refractivity contribution is -0.258. The molecule has 0 radical (unpaired) electrons. The molecule has 0 aliphatic carbocycles. The van der Waals surface area contributed by atoms with E-state index in [0.717, 1.165) is 12.1 Å². The van der Waals surface area contributed by atoms with Crippen LogP contribution in [-0.4, -0.2) is 31.4 Å². The lowest BCUT2D eigenvalue weighted by Crippen LogP contribution is -2.39. The number of hydrogen-bond acceptors (Lipinski definition) is 5. The highest BCUT2D eigenvalue weighted by atomic mass is 32.2. The second kappa shape index (κ2) is 7.68. The van der Waals surface area contributed by atoms with Gasteiger partial charge >= 0.3 is 6.18 Å². The van der Waals surface area contributed by atoms with Crippen LogP contribution in [0.3, 0.4) is 0 Å². The Bertz CT molecular complexity index is 1060. The van der Waals surface area contributed by atoms with Gasteiger partial charge in [0.05, 0.1) is 10.6 Å². The molecule has 0 spiro atoms. The zero-order valence-corrected chi connectivity index (χ0v) is 17.1. The summed E-state index contributed by atoms with van der Waals surface area (Å²) in [7, 11) is -3.36. The van der Waals surface area contributed by atoms with E-state index >= 15 is 0 Å². The Hall–Kier alpha value is -2.43. The molecule has 162 valence electrons. The van der Waals surface area contributed by atoms with Gasteiger partial charge in [0.15, 0.2) is 15.4 Å². The average molecular weight is 442 g/mol. The molecule has 2 aromatic rings. The summed E-state index contributed by atoms with van der Waals surface area (Å²) in [6, 6.07) is 8.62. The van der Waals surface area contributed by atoms with Crippen molar-refractivity contribution in [3.8, 4) is 0 Å². The topological polar surface area (TPSA) is 95.5 Å². The van der Waals surface area contributed by atoms with E-state index in [2.05, 4.69) is 10.6 Å². The molecule has 3 rings (SSSR count). The summed E-state index contributed by atoms with van der Waals surface area (Å²) in [5.41, 5.74) is -1.75. The van der Waals surface area contributed by atoms with Crippen LogP contribution in [0, 0.1) is 0 Å². The number of fused-ring (bicyclic) bond motifs is 1. The van der Waals surface area contributed by atoms with E-state index in [1.165, 1.54) is 18.2 Å². The van der Waals surface area contributed by atoms with Crippen LogP contribution in [0.2, 0.25) is 0 Å². The van der Waals surface area contributed by atoms with Gasteiger partial charge in [0.25, 0.3) is 0 Å². The molecule has 2 unspecified atom stereocenters. The summed E-state index contributed by atoms with van der Waals surface area (Å²) in [6.07, 6.45) is -4.83. The van der Waals surface area contributed by atoms with Gasteiger partial charge in [-0.05, 0) is 47.9 Å². The van der Waals surface area contributed by atoms with Crippen LogP contribution >= 0.6 is 0 Å². The van der Waals surface area contributed by atoms with Crippen LogP contribution in [0.1, 0.15) is 36.6 Å². The van der Waals surface area contributed by atoms with Crippen molar-refractivity contribution in [2.75, 3.05) is 11.1 Å². The maximum atomic E-state index is 12.9. The fourth-order valence-electron chi connectivity index (χ4n) is 3.19. The third-order valence-corrected chi connectivity index (χ3v) is 6.92. The van der Waals surface area contributed by atoms with Crippen LogP contribution in [0.4, 0.5) is 18.9 Å². The number of anilines is 1. The van der Waals surface area contributed by atoms with E-state index in [0.29, 0.717) is 24.6 Å². The van der Waals surface area contributed by atoms with Crippen molar-refractivity contribution in [3.63, 3.8) is 0 Å². The first-order chi connectivity index (χ1) is 13.9. The number of hydrogen-bond donors (Lipinski definition) is 3. The van der Waals surface area contributed by atoms with E-state index in [1.807, 2.05) is 0 Å². The highest BCUT2D eigenvalue weighted by molar-refractivity contribution is 7.91. The summed E-state index contributed by atoms with van der Waals surface area (Å²) in [5, 5.41) is 15.3. The van der Waals surface area contributed by atoms with Crippen LogP contribution < -0.4 is 10.6 Å². The van der Waals surface area contributed by atoms with Crippen molar-refractivity contribution >= 4 is 21.4 Å². The maximum Gasteiger partial charge on any atom is 0.421 e. The number of aliphatic hydroxyl groups is 1. The lowest BCUT2D eigenvalue weighted by Gasteiger charge is -2.26. The molecule has 1 aliphatic heterocycles. The quantitative estimate of drug-likeness (QED) is 0.662. The van der Waals surface area contributed by atoms with Gasteiger partial charge in [0, 0.05) is 12.2 Å². The molecule has 1 heterocycles. The second-order valence-electron chi connectivity index (χ2n) is 7.21. The Kier molecular flexibility index (Phi) is 5.70. The van der Waals surface area contributed by atoms with Crippen LogP contribution in [-0.2, 0) is 26.8 Å². The molecule has 1 amide bonds. The minimum Gasteiger partial charge on any atom is -0.376 e. The van der Waals surface area contributed by atoms with Crippen molar-refractivity contribution in [1.29, 1.82) is 0 Å². The van der Waals surface area contributed by atoms with Crippen molar-refractivity contribution in [2.45, 2.75) is 43.1 Å². The lowest BCUT2D eigenvalue weighted by atomic mass is 9.95. The molecular formula is C20H21F3N2O4S. The molecule has 6 nitrogen and oxygen atoms in total. The van der Waals surface area contributed by atoms with E-state index < -0.39 is 33.6 Å². The number of amides is 1. The SMILES string of the molecule is CCS(=O)(=O)c1ccc2c(c1)CNC2C(=O)Nc1ccc(C(C)(O)C(F)(F)F)cc1. The van der Waals surface area contributed by atoms with Gasteiger partial charge in [0.1, 0.15) is 6.04 Å². The minimum absolute atomic E-state index is 0.0274. The predicted octanol–water partition coefficient (Wildman–Crippen LogP) is 3.03. The number of rotatable bonds is 5. The minimum atomic E-state index is -4.83. The molecule has 0 saturated carbocycles. The third-order valence-electron chi connectivity index (χ3n) is 5.19. The zero-order chi connectivity index (χ0) is 22.3. The van der Waals surface area contributed by atoms with Crippen molar-refractivity contribution < 1.29 is 31.5 Å². The number of alkyl halides is 3. The van der Waals surface area contributed by atoms with Crippen molar-refractivity contribution in [2.24, 2.45) is 0 Å². The normalized spacial score (nSPS) is 18.5. The smallest absolute Gasteiger partial charge is 0.376 e. The molecule has 0 saturated heterocycles. The molecule has 3 N–H and O–H groups in total. The highest BCUT2D eigenvalue weighted by Crippen LogP contribution is 2.38. The monoisotopic (exact) mass is 442 g/mol. The number of carbonyl (C=O) groups excluding carboxylic acids is 1. The van der Waals surface area contributed by atoms with Gasteiger partial charge in [-0.3, -0.25) is 10.1 Å². The Morgan fingerprint density at radius 1 is 1.20 bits per heavy atom. The molecule has 10 heteroatoms. The van der Waals surface area contributed by atoms with E-state index in [9.17, 15) is 31.5 Å². The van der Waals surface area contributed by atoms with Gasteiger partial charge < -0.3 is 10.4 Å². The highest BCUT2D eigenvalue weighted by Gasteiger charge is 2.51. The summed E-state index contributed by atoms with van der Waals surface area (Å²) >= 11 is 0. The van der Waals surface area contributed by atoms with Gasteiger partial charge in [-0.2, -0.15) is 13.2 Å². The molecule has 0 aromatic heterocycles. The van der Waals surface area contributed by atoms with Crippen LogP contribution in [0.5, 0.6) is 0 Å². The molecule has 1 aliphatic rings. The fraction of sp³-hybridized carbons (Fsp3) is 0.350. The summed E-state index contributed by atoms with van der Waals surface area (Å²) < 4.78 is 62.9. The first-order valence-electron chi connectivity index (χ1n) is 9.16. The van der Waals surface area contributed by atoms with Gasteiger partial charge in [0.2, 0.25) is 5.91 Å². The number of nitrogens with one attached hydrogen (secondary N) is 2. The number of carbonyl (C=O) groups is 1. The molecule has 2 atom stereocenters. The Morgan fingerprint density at radius 2 is 1.83 bits per heavy atom.